The van der Waals surface area contributed by atoms with E-state index in [0.717, 1.165) is 19.6 Å². The van der Waals surface area contributed by atoms with Crippen LogP contribution in [-0.4, -0.2) is 51.0 Å². The number of urea groups is 1. The van der Waals surface area contributed by atoms with Crippen molar-refractivity contribution in [1.29, 1.82) is 0 Å². The summed E-state index contributed by atoms with van der Waals surface area (Å²) in [6, 6.07) is 7.07. The van der Waals surface area contributed by atoms with E-state index in [-0.39, 0.29) is 12.8 Å². The van der Waals surface area contributed by atoms with Gasteiger partial charge in [-0.2, -0.15) is 0 Å². The van der Waals surface area contributed by atoms with E-state index < -0.39 is 0 Å². The molecule has 0 aliphatic rings. The third kappa shape index (κ3) is 6.35. The number of carbonyl (C=O) groups excluding carboxylic acids is 1. The molecule has 0 atom stereocenters. The van der Waals surface area contributed by atoms with Gasteiger partial charge in [0.1, 0.15) is 0 Å². The summed E-state index contributed by atoms with van der Waals surface area (Å²) < 4.78 is 10.6. The van der Waals surface area contributed by atoms with Gasteiger partial charge in [-0.25, -0.2) is 4.79 Å². The van der Waals surface area contributed by atoms with Gasteiger partial charge >= 0.3 is 6.03 Å². The zero-order chi connectivity index (χ0) is 15.5. The van der Waals surface area contributed by atoms with Crippen LogP contribution in [0.4, 0.5) is 4.79 Å². The number of ether oxygens (including phenoxy) is 2. The molecule has 118 valence electrons. The number of hydrogen-bond acceptors (Lipinski definition) is 4. The molecule has 0 aliphatic carbocycles. The molecule has 2 N–H and O–H groups in total. The van der Waals surface area contributed by atoms with Gasteiger partial charge in [0.05, 0.1) is 7.11 Å². The predicted octanol–water partition coefficient (Wildman–Crippen LogP) is 1.67. The minimum atomic E-state index is -0.239. The Morgan fingerprint density at radius 3 is 2.43 bits per heavy atom. The maximum atomic E-state index is 11.6. The molecule has 0 saturated heterocycles. The largest absolute Gasteiger partial charge is 0.493 e. The van der Waals surface area contributed by atoms with Crippen LogP contribution in [-0.2, 0) is 0 Å². The van der Waals surface area contributed by atoms with Crippen LogP contribution in [0.1, 0.15) is 13.8 Å². The van der Waals surface area contributed by atoms with Crippen molar-refractivity contribution in [1.82, 2.24) is 15.5 Å². The fourth-order valence-electron chi connectivity index (χ4n) is 1.85. The minimum absolute atomic E-state index is 0.0947. The molecule has 6 nitrogen and oxygen atoms in total. The lowest BCUT2D eigenvalue weighted by Gasteiger charge is -2.18. The smallest absolute Gasteiger partial charge is 0.317 e. The maximum Gasteiger partial charge on any atom is 0.317 e. The SMILES string of the molecule is CCN(CC)CCNC(=O)NCOc1ccccc1OC. The molecule has 21 heavy (non-hydrogen) atoms. The normalized spacial score (nSPS) is 10.3. The molecule has 0 aromatic heterocycles. The highest BCUT2D eigenvalue weighted by Crippen LogP contribution is 2.25. The number of nitrogens with zero attached hydrogens (tertiary/aromatic N) is 1. The summed E-state index contributed by atoms with van der Waals surface area (Å²) in [7, 11) is 1.58. The standard InChI is InChI=1S/C15H25N3O3/c1-4-18(5-2)11-10-16-15(19)17-12-21-14-9-7-6-8-13(14)20-3/h6-9H,4-5,10-12H2,1-3H3,(H2,16,17,19). The van der Waals surface area contributed by atoms with E-state index in [1.807, 2.05) is 12.1 Å². The van der Waals surface area contributed by atoms with Gasteiger partial charge in [-0.15, -0.1) is 0 Å². The number of nitrogens with one attached hydrogen (secondary N) is 2. The number of carbonyl (C=O) groups is 1. The first-order valence-electron chi connectivity index (χ1n) is 7.21. The van der Waals surface area contributed by atoms with Crippen LogP contribution >= 0.6 is 0 Å². The summed E-state index contributed by atoms with van der Waals surface area (Å²) in [6.07, 6.45) is 0. The fourth-order valence-corrected chi connectivity index (χ4v) is 1.85. The first-order chi connectivity index (χ1) is 10.2. The van der Waals surface area contributed by atoms with E-state index >= 15 is 0 Å². The van der Waals surface area contributed by atoms with Crippen LogP contribution in [0.2, 0.25) is 0 Å². The lowest BCUT2D eigenvalue weighted by atomic mass is 10.3. The molecule has 1 rings (SSSR count). The molecule has 1 aromatic rings. The average Bonchev–Trinajstić information content (AvgIpc) is 2.52. The van der Waals surface area contributed by atoms with E-state index in [4.69, 9.17) is 9.47 Å². The topological polar surface area (TPSA) is 62.8 Å². The van der Waals surface area contributed by atoms with E-state index in [1.54, 1.807) is 19.2 Å². The Labute approximate surface area is 126 Å². The van der Waals surface area contributed by atoms with Gasteiger partial charge in [-0.3, -0.25) is 0 Å². The summed E-state index contributed by atoms with van der Waals surface area (Å²) in [6.45, 7) is 7.72. The van der Waals surface area contributed by atoms with Crippen LogP contribution < -0.4 is 20.1 Å². The molecular formula is C15H25N3O3. The van der Waals surface area contributed by atoms with Crippen molar-refractivity contribution in [2.45, 2.75) is 13.8 Å². The minimum Gasteiger partial charge on any atom is -0.493 e. The number of methoxy groups -OCH3 is 1. The zero-order valence-corrected chi connectivity index (χ0v) is 13.0. The number of rotatable bonds is 9. The van der Waals surface area contributed by atoms with Gasteiger partial charge in [0.25, 0.3) is 0 Å². The summed E-state index contributed by atoms with van der Waals surface area (Å²) in [5.41, 5.74) is 0. The summed E-state index contributed by atoms with van der Waals surface area (Å²) in [4.78, 5) is 13.8. The highest BCUT2D eigenvalue weighted by molar-refractivity contribution is 5.73. The molecule has 0 aliphatic heterocycles. The van der Waals surface area contributed by atoms with Gasteiger partial charge in [0, 0.05) is 13.1 Å². The van der Waals surface area contributed by atoms with Crippen LogP contribution in [0.3, 0.4) is 0 Å². The second kappa shape index (κ2) is 9.88. The molecule has 1 aromatic carbocycles. The highest BCUT2D eigenvalue weighted by Gasteiger charge is 2.04. The number of hydrogen-bond donors (Lipinski definition) is 2. The van der Waals surface area contributed by atoms with Crippen molar-refractivity contribution in [2.75, 3.05) is 40.0 Å². The Morgan fingerprint density at radius 1 is 1.14 bits per heavy atom. The lowest BCUT2D eigenvalue weighted by Crippen LogP contribution is -2.41. The van der Waals surface area contributed by atoms with E-state index in [9.17, 15) is 4.79 Å². The average molecular weight is 295 g/mol. The Morgan fingerprint density at radius 2 is 1.81 bits per heavy atom. The van der Waals surface area contributed by atoms with E-state index in [2.05, 4.69) is 29.4 Å². The van der Waals surface area contributed by atoms with Crippen molar-refractivity contribution >= 4 is 6.03 Å². The Kier molecular flexibility index (Phi) is 8.04. The Balaban J connectivity index is 2.21. The second-order valence-corrected chi connectivity index (χ2v) is 4.40. The molecule has 0 unspecified atom stereocenters. The molecule has 0 radical (unpaired) electrons. The van der Waals surface area contributed by atoms with Crippen molar-refractivity contribution in [3.8, 4) is 11.5 Å². The van der Waals surface area contributed by atoms with Crippen LogP contribution in [0, 0.1) is 0 Å². The maximum absolute atomic E-state index is 11.6. The predicted molar refractivity (Wildman–Crippen MR) is 82.8 cm³/mol. The number of amides is 2. The summed E-state index contributed by atoms with van der Waals surface area (Å²) in [5, 5.41) is 5.44. The van der Waals surface area contributed by atoms with Crippen molar-refractivity contribution < 1.29 is 14.3 Å². The van der Waals surface area contributed by atoms with Crippen molar-refractivity contribution in [3.05, 3.63) is 24.3 Å². The third-order valence-corrected chi connectivity index (χ3v) is 3.14. The highest BCUT2D eigenvalue weighted by atomic mass is 16.5. The van der Waals surface area contributed by atoms with Gasteiger partial charge in [-0.1, -0.05) is 26.0 Å². The van der Waals surface area contributed by atoms with E-state index in [1.165, 1.54) is 0 Å². The molecule has 0 heterocycles. The second-order valence-electron chi connectivity index (χ2n) is 4.40. The monoisotopic (exact) mass is 295 g/mol. The molecule has 0 spiro atoms. The van der Waals surface area contributed by atoms with Gasteiger partial charge < -0.3 is 25.0 Å². The van der Waals surface area contributed by atoms with E-state index in [0.29, 0.717) is 18.0 Å². The molecule has 0 fully saturated rings. The number of para-hydroxylation sites is 2. The Bertz CT molecular complexity index is 422. The van der Waals surface area contributed by atoms with Crippen molar-refractivity contribution in [3.63, 3.8) is 0 Å². The molecule has 0 bridgehead atoms. The van der Waals surface area contributed by atoms with Gasteiger partial charge in [0.15, 0.2) is 18.2 Å². The summed E-state index contributed by atoms with van der Waals surface area (Å²) >= 11 is 0. The van der Waals surface area contributed by atoms with Crippen molar-refractivity contribution in [2.24, 2.45) is 0 Å². The van der Waals surface area contributed by atoms with Crippen LogP contribution in [0.25, 0.3) is 0 Å². The zero-order valence-electron chi connectivity index (χ0n) is 13.0. The first kappa shape index (κ1) is 17.1. The van der Waals surface area contributed by atoms with Crippen LogP contribution in [0.5, 0.6) is 11.5 Å². The first-order valence-corrected chi connectivity index (χ1v) is 7.21. The summed E-state index contributed by atoms with van der Waals surface area (Å²) in [5.74, 6) is 1.24. The van der Waals surface area contributed by atoms with Gasteiger partial charge in [-0.05, 0) is 25.2 Å². The molecule has 2 amide bonds. The molecule has 0 saturated carbocycles. The lowest BCUT2D eigenvalue weighted by molar-refractivity contribution is 0.219. The third-order valence-electron chi connectivity index (χ3n) is 3.14. The molecule has 6 heteroatoms. The fraction of sp³-hybridized carbons (Fsp3) is 0.533. The Hall–Kier alpha value is -1.95. The number of likely N-dealkylation sites (N-methyl/N-ethyl adjacent to an activating group) is 1. The quantitative estimate of drug-likeness (QED) is 0.680. The number of benzene rings is 1. The molecular weight excluding hydrogens is 270 g/mol. The van der Waals surface area contributed by atoms with Crippen LogP contribution in [0.15, 0.2) is 24.3 Å². The van der Waals surface area contributed by atoms with Gasteiger partial charge in [0.2, 0.25) is 0 Å².